The Morgan fingerprint density at radius 1 is 1.08 bits per heavy atom. The summed E-state index contributed by atoms with van der Waals surface area (Å²) in [5.41, 5.74) is 1.28. The molecule has 0 saturated heterocycles. The summed E-state index contributed by atoms with van der Waals surface area (Å²) >= 11 is 0. The van der Waals surface area contributed by atoms with Crippen molar-refractivity contribution in [3.63, 3.8) is 0 Å². The fraction of sp³-hybridized carbons (Fsp3) is 0.636. The lowest BCUT2D eigenvalue weighted by Gasteiger charge is -2.39. The molecule has 0 amide bonds. The third-order valence-corrected chi connectivity index (χ3v) is 10.5. The van der Waals surface area contributed by atoms with Gasteiger partial charge >= 0.3 is 0 Å². The molecule has 1 rings (SSSR count). The van der Waals surface area contributed by atoms with Gasteiger partial charge in [0.15, 0.2) is 8.32 Å². The van der Waals surface area contributed by atoms with Gasteiger partial charge in [-0.2, -0.15) is 0 Å². The largest absolute Gasteiger partial charge is 0.413 e. The van der Waals surface area contributed by atoms with Crippen LogP contribution in [0.25, 0.3) is 0 Å². The average Bonchev–Trinajstić information content (AvgIpc) is 2.67. The highest BCUT2D eigenvalue weighted by Crippen LogP contribution is 2.31. The van der Waals surface area contributed by atoms with Crippen LogP contribution in [-0.2, 0) is 10.8 Å². The first kappa shape index (κ1) is 22.1. The molecular weight excluding hydrogens is 324 g/mol. The number of aliphatic hydroxyl groups excluding tert-OH is 1. The van der Waals surface area contributed by atoms with E-state index in [1.165, 1.54) is 5.56 Å². The maximum absolute atomic E-state index is 10.8. The first-order chi connectivity index (χ1) is 11.9. The SMILES string of the molecule is C=C[C@H](C)[C@H](O[Si](CC)(CC)CC)[C@H](C)[C@@H](O)CCc1ccccc1. The number of hydrogen-bond donors (Lipinski definition) is 1. The van der Waals surface area contributed by atoms with Crippen molar-refractivity contribution in [1.82, 2.24) is 0 Å². The van der Waals surface area contributed by atoms with Gasteiger partial charge in [0, 0.05) is 5.92 Å². The summed E-state index contributed by atoms with van der Waals surface area (Å²) in [6.07, 6.45) is 3.35. The quantitative estimate of drug-likeness (QED) is 0.374. The Balaban J connectivity index is 2.81. The summed E-state index contributed by atoms with van der Waals surface area (Å²) < 4.78 is 6.78. The van der Waals surface area contributed by atoms with Gasteiger partial charge in [0.05, 0.1) is 12.2 Å². The van der Waals surface area contributed by atoms with E-state index in [9.17, 15) is 5.11 Å². The second kappa shape index (κ2) is 10.9. The molecule has 0 radical (unpaired) electrons. The fourth-order valence-corrected chi connectivity index (χ4v) is 6.56. The minimum atomic E-state index is -1.71. The van der Waals surface area contributed by atoms with Crippen LogP contribution >= 0.6 is 0 Å². The Morgan fingerprint density at radius 2 is 1.64 bits per heavy atom. The minimum absolute atomic E-state index is 0.0507. The molecule has 1 aromatic rings. The molecule has 0 saturated carbocycles. The summed E-state index contributed by atoms with van der Waals surface area (Å²) in [5, 5.41) is 10.8. The maximum atomic E-state index is 10.8. The van der Waals surface area contributed by atoms with Gasteiger partial charge in [-0.3, -0.25) is 0 Å². The lowest BCUT2D eigenvalue weighted by molar-refractivity contribution is 0.00887. The lowest BCUT2D eigenvalue weighted by Crippen LogP contribution is -2.46. The molecule has 0 aromatic heterocycles. The van der Waals surface area contributed by atoms with Crippen LogP contribution in [-0.4, -0.2) is 25.6 Å². The van der Waals surface area contributed by atoms with Crippen LogP contribution in [0.3, 0.4) is 0 Å². The van der Waals surface area contributed by atoms with Crippen molar-refractivity contribution in [2.75, 3.05) is 0 Å². The van der Waals surface area contributed by atoms with E-state index in [1.807, 2.05) is 12.1 Å². The summed E-state index contributed by atoms with van der Waals surface area (Å²) in [6.45, 7) is 15.0. The number of benzene rings is 1. The first-order valence-corrected chi connectivity index (χ1v) is 12.5. The van der Waals surface area contributed by atoms with Gasteiger partial charge in [0.25, 0.3) is 0 Å². The van der Waals surface area contributed by atoms with Crippen LogP contribution < -0.4 is 0 Å². The topological polar surface area (TPSA) is 29.5 Å². The first-order valence-electron chi connectivity index (χ1n) is 9.95. The van der Waals surface area contributed by atoms with Crippen LogP contribution in [0.1, 0.15) is 46.6 Å². The average molecular weight is 363 g/mol. The zero-order valence-electron chi connectivity index (χ0n) is 16.9. The highest BCUT2D eigenvalue weighted by Gasteiger charge is 2.37. The van der Waals surface area contributed by atoms with E-state index in [0.29, 0.717) is 0 Å². The van der Waals surface area contributed by atoms with Crippen molar-refractivity contribution in [1.29, 1.82) is 0 Å². The van der Waals surface area contributed by atoms with Gasteiger partial charge in [0.1, 0.15) is 0 Å². The molecule has 0 aliphatic rings. The number of hydrogen-bond acceptors (Lipinski definition) is 2. The van der Waals surface area contributed by atoms with Crippen molar-refractivity contribution in [2.45, 2.75) is 77.8 Å². The van der Waals surface area contributed by atoms with E-state index in [-0.39, 0.29) is 24.0 Å². The van der Waals surface area contributed by atoms with Crippen LogP contribution in [0.4, 0.5) is 0 Å². The normalized spacial score (nSPS) is 16.9. The molecule has 3 heteroatoms. The molecule has 2 nitrogen and oxygen atoms in total. The van der Waals surface area contributed by atoms with E-state index in [1.54, 1.807) is 0 Å². The Kier molecular flexibility index (Phi) is 9.69. The van der Waals surface area contributed by atoms with Crippen LogP contribution in [0, 0.1) is 11.8 Å². The summed E-state index contributed by atoms with van der Waals surface area (Å²) in [7, 11) is -1.71. The van der Waals surface area contributed by atoms with E-state index < -0.39 is 8.32 Å². The Labute approximate surface area is 156 Å². The number of rotatable bonds is 12. The zero-order chi connectivity index (χ0) is 18.9. The lowest BCUT2D eigenvalue weighted by atomic mass is 9.87. The monoisotopic (exact) mass is 362 g/mol. The molecule has 0 unspecified atom stereocenters. The van der Waals surface area contributed by atoms with Crippen molar-refractivity contribution in [2.24, 2.45) is 11.8 Å². The van der Waals surface area contributed by atoms with Crippen molar-refractivity contribution in [3.8, 4) is 0 Å². The molecule has 142 valence electrons. The van der Waals surface area contributed by atoms with Crippen molar-refractivity contribution >= 4 is 8.32 Å². The molecule has 0 bridgehead atoms. The maximum Gasteiger partial charge on any atom is 0.192 e. The fourth-order valence-electron chi connectivity index (χ4n) is 3.56. The predicted octanol–water partition coefficient (Wildman–Crippen LogP) is 5.83. The van der Waals surface area contributed by atoms with Crippen molar-refractivity contribution in [3.05, 3.63) is 48.6 Å². The van der Waals surface area contributed by atoms with Gasteiger partial charge in [-0.15, -0.1) is 6.58 Å². The molecule has 0 spiro atoms. The van der Waals surface area contributed by atoms with Crippen LogP contribution in [0.5, 0.6) is 0 Å². The Morgan fingerprint density at radius 3 is 2.12 bits per heavy atom. The van der Waals surface area contributed by atoms with E-state index >= 15 is 0 Å². The molecule has 4 atom stereocenters. The minimum Gasteiger partial charge on any atom is -0.413 e. The summed E-state index contributed by atoms with van der Waals surface area (Å²) in [4.78, 5) is 0. The van der Waals surface area contributed by atoms with Crippen LogP contribution in [0.15, 0.2) is 43.0 Å². The van der Waals surface area contributed by atoms with Crippen LogP contribution in [0.2, 0.25) is 18.1 Å². The van der Waals surface area contributed by atoms with Gasteiger partial charge in [-0.25, -0.2) is 0 Å². The van der Waals surface area contributed by atoms with Gasteiger partial charge in [-0.1, -0.05) is 71.0 Å². The van der Waals surface area contributed by atoms with Crippen molar-refractivity contribution < 1.29 is 9.53 Å². The molecule has 0 heterocycles. The zero-order valence-corrected chi connectivity index (χ0v) is 17.9. The van der Waals surface area contributed by atoms with E-state index in [0.717, 1.165) is 31.0 Å². The van der Waals surface area contributed by atoms with Gasteiger partial charge in [-0.05, 0) is 42.5 Å². The summed E-state index contributed by atoms with van der Waals surface area (Å²) in [5.74, 6) is 0.353. The van der Waals surface area contributed by atoms with Gasteiger partial charge in [0.2, 0.25) is 0 Å². The highest BCUT2D eigenvalue weighted by molar-refractivity contribution is 6.73. The highest BCUT2D eigenvalue weighted by atomic mass is 28.4. The van der Waals surface area contributed by atoms with E-state index in [2.05, 4.69) is 65.5 Å². The molecule has 25 heavy (non-hydrogen) atoms. The second-order valence-electron chi connectivity index (χ2n) is 7.37. The molecule has 0 aliphatic carbocycles. The smallest absolute Gasteiger partial charge is 0.192 e. The standard InChI is InChI=1S/C22H38O2Si/c1-7-18(5)22(24-25(8-2,9-3)10-4)19(6)21(23)17-16-20-14-12-11-13-15-20/h7,11-15,18-19,21-23H,1,8-10,16-17H2,2-6H3/t18-,19+,21-,22-/m0/s1. The molecule has 1 N–H and O–H groups in total. The van der Waals surface area contributed by atoms with E-state index in [4.69, 9.17) is 4.43 Å². The molecule has 1 aromatic carbocycles. The molecule has 0 fully saturated rings. The second-order valence-corrected chi connectivity index (χ2v) is 12.1. The van der Waals surface area contributed by atoms with Gasteiger partial charge < -0.3 is 9.53 Å². The summed E-state index contributed by atoms with van der Waals surface area (Å²) in [6, 6.07) is 13.8. The predicted molar refractivity (Wildman–Crippen MR) is 111 cm³/mol. The number of aryl methyl sites for hydroxylation is 1. The Hall–Kier alpha value is -0.903. The molecular formula is C22H38O2Si. The molecule has 0 aliphatic heterocycles. The third-order valence-electron chi connectivity index (χ3n) is 5.91. The number of aliphatic hydroxyl groups is 1. The third kappa shape index (κ3) is 6.39. The Bertz CT molecular complexity index is 476.